The summed E-state index contributed by atoms with van der Waals surface area (Å²) in [5, 5.41) is 8.89. The third-order valence-electron chi connectivity index (χ3n) is 3.74. The van der Waals surface area contributed by atoms with Crippen molar-refractivity contribution >= 4 is 23.2 Å². The molecule has 1 aromatic heterocycles. The predicted molar refractivity (Wildman–Crippen MR) is 78.5 cm³/mol. The molecular formula is C14H20N2O3S. The van der Waals surface area contributed by atoms with Gasteiger partial charge in [0.05, 0.1) is 4.88 Å². The van der Waals surface area contributed by atoms with Gasteiger partial charge >= 0.3 is 5.97 Å². The number of hydrogen-bond acceptors (Lipinski definition) is 4. The van der Waals surface area contributed by atoms with Crippen molar-refractivity contribution in [2.75, 3.05) is 33.7 Å². The minimum atomic E-state index is -0.980. The van der Waals surface area contributed by atoms with Crippen LogP contribution in [0.4, 0.5) is 0 Å². The van der Waals surface area contributed by atoms with Gasteiger partial charge in [-0.3, -0.25) is 4.79 Å². The lowest BCUT2D eigenvalue weighted by atomic mass is 9.96. The molecule has 1 aromatic rings. The zero-order chi connectivity index (χ0) is 14.7. The van der Waals surface area contributed by atoms with Crippen LogP contribution in [0.3, 0.4) is 0 Å². The summed E-state index contributed by atoms with van der Waals surface area (Å²) in [6, 6.07) is 3.09. The van der Waals surface area contributed by atoms with Crippen LogP contribution in [0.5, 0.6) is 0 Å². The molecule has 1 aliphatic rings. The molecule has 1 saturated heterocycles. The Balaban J connectivity index is 1.92. The second kappa shape index (κ2) is 6.37. The van der Waals surface area contributed by atoms with E-state index in [0.29, 0.717) is 10.8 Å². The minimum absolute atomic E-state index is 0.0820. The fourth-order valence-corrected chi connectivity index (χ4v) is 3.31. The maximum absolute atomic E-state index is 12.3. The summed E-state index contributed by atoms with van der Waals surface area (Å²) in [5.74, 6) is -0.521. The fraction of sp³-hybridized carbons (Fsp3) is 0.571. The number of carboxylic acids is 1. The summed E-state index contributed by atoms with van der Waals surface area (Å²) >= 11 is 1.04. The van der Waals surface area contributed by atoms with Gasteiger partial charge in [-0.15, -0.1) is 11.3 Å². The van der Waals surface area contributed by atoms with Crippen molar-refractivity contribution in [1.82, 2.24) is 9.80 Å². The van der Waals surface area contributed by atoms with E-state index in [1.807, 2.05) is 0 Å². The Morgan fingerprint density at radius 3 is 2.50 bits per heavy atom. The lowest BCUT2D eigenvalue weighted by molar-refractivity contribution is 0.0701. The molecule has 110 valence electrons. The topological polar surface area (TPSA) is 60.9 Å². The van der Waals surface area contributed by atoms with E-state index in [4.69, 9.17) is 5.11 Å². The van der Waals surface area contributed by atoms with Crippen LogP contribution < -0.4 is 0 Å². The molecule has 0 atom stereocenters. The Kier molecular flexibility index (Phi) is 4.77. The number of piperidine rings is 1. The summed E-state index contributed by atoms with van der Waals surface area (Å²) in [6.07, 6.45) is 2.22. The molecule has 1 amide bonds. The van der Waals surface area contributed by atoms with Gasteiger partial charge in [0.2, 0.25) is 0 Å². The van der Waals surface area contributed by atoms with E-state index >= 15 is 0 Å². The van der Waals surface area contributed by atoms with Gasteiger partial charge in [-0.25, -0.2) is 4.79 Å². The molecule has 0 bridgehead atoms. The zero-order valence-corrected chi connectivity index (χ0v) is 12.7. The lowest BCUT2D eigenvalue weighted by Gasteiger charge is -2.31. The Bertz CT molecular complexity index is 492. The van der Waals surface area contributed by atoms with Gasteiger partial charge in [0, 0.05) is 13.6 Å². The Morgan fingerprint density at radius 1 is 1.35 bits per heavy atom. The van der Waals surface area contributed by atoms with E-state index in [2.05, 4.69) is 11.9 Å². The number of likely N-dealkylation sites (tertiary alicyclic amines) is 1. The molecule has 1 aliphatic heterocycles. The van der Waals surface area contributed by atoms with E-state index in [1.165, 1.54) is 6.07 Å². The van der Waals surface area contributed by atoms with Crippen molar-refractivity contribution in [3.63, 3.8) is 0 Å². The Morgan fingerprint density at radius 2 is 1.95 bits per heavy atom. The number of carbonyl (C=O) groups excluding carboxylic acids is 1. The Labute approximate surface area is 122 Å². The van der Waals surface area contributed by atoms with Gasteiger partial charge in [0.25, 0.3) is 5.91 Å². The summed E-state index contributed by atoms with van der Waals surface area (Å²) in [4.78, 5) is 27.8. The number of carbonyl (C=O) groups is 2. The van der Waals surface area contributed by atoms with Crippen LogP contribution in [-0.4, -0.2) is 60.5 Å². The van der Waals surface area contributed by atoms with E-state index in [1.54, 1.807) is 18.0 Å². The first-order valence-corrected chi connectivity index (χ1v) is 7.56. The first-order valence-electron chi connectivity index (χ1n) is 6.74. The van der Waals surface area contributed by atoms with Crippen molar-refractivity contribution < 1.29 is 14.7 Å². The molecule has 0 aromatic carbocycles. The minimum Gasteiger partial charge on any atom is -0.477 e. The molecule has 0 saturated carbocycles. The van der Waals surface area contributed by atoms with Crippen LogP contribution in [0, 0.1) is 5.92 Å². The molecule has 6 heteroatoms. The maximum atomic E-state index is 12.3. The summed E-state index contributed by atoms with van der Waals surface area (Å²) in [5.41, 5.74) is 0. The third-order valence-corrected chi connectivity index (χ3v) is 4.81. The number of hydrogen-bond donors (Lipinski definition) is 1. The number of rotatable bonds is 4. The van der Waals surface area contributed by atoms with Crippen LogP contribution >= 0.6 is 11.3 Å². The average molecular weight is 296 g/mol. The molecule has 20 heavy (non-hydrogen) atoms. The highest BCUT2D eigenvalue weighted by Crippen LogP contribution is 2.21. The van der Waals surface area contributed by atoms with Crippen LogP contribution in [0.1, 0.15) is 32.2 Å². The lowest BCUT2D eigenvalue weighted by Crippen LogP contribution is -2.37. The number of nitrogens with zero attached hydrogens (tertiary/aromatic N) is 2. The zero-order valence-electron chi connectivity index (χ0n) is 11.8. The van der Waals surface area contributed by atoms with Crippen LogP contribution in [-0.2, 0) is 0 Å². The highest BCUT2D eigenvalue weighted by molar-refractivity contribution is 7.15. The highest BCUT2D eigenvalue weighted by atomic mass is 32.1. The second-order valence-electron chi connectivity index (χ2n) is 5.40. The second-order valence-corrected chi connectivity index (χ2v) is 6.49. The molecule has 2 heterocycles. The number of aromatic carboxylic acids is 1. The van der Waals surface area contributed by atoms with Crippen molar-refractivity contribution in [2.45, 2.75) is 12.8 Å². The summed E-state index contributed by atoms with van der Waals surface area (Å²) < 4.78 is 0. The van der Waals surface area contributed by atoms with Crippen molar-refractivity contribution in [3.05, 3.63) is 21.9 Å². The molecular weight excluding hydrogens is 276 g/mol. The fourth-order valence-electron chi connectivity index (χ4n) is 2.47. The SMILES string of the molecule is CN1CCC(CN(C)C(=O)c2ccc(C(=O)O)s2)CC1. The molecule has 0 aliphatic carbocycles. The van der Waals surface area contributed by atoms with E-state index in [9.17, 15) is 9.59 Å². The van der Waals surface area contributed by atoms with E-state index < -0.39 is 5.97 Å². The molecule has 1 N–H and O–H groups in total. The molecule has 1 fully saturated rings. The first-order chi connectivity index (χ1) is 9.47. The summed E-state index contributed by atoms with van der Waals surface area (Å²) in [7, 11) is 3.91. The number of carboxylic acid groups (broad SMARTS) is 1. The van der Waals surface area contributed by atoms with Crippen molar-refractivity contribution in [1.29, 1.82) is 0 Å². The number of amides is 1. The predicted octanol–water partition coefficient (Wildman–Crippen LogP) is 1.86. The molecule has 0 unspecified atom stereocenters. The Hall–Kier alpha value is -1.40. The van der Waals surface area contributed by atoms with Gasteiger partial charge < -0.3 is 14.9 Å². The molecule has 5 nitrogen and oxygen atoms in total. The van der Waals surface area contributed by atoms with Crippen molar-refractivity contribution in [3.8, 4) is 0 Å². The highest BCUT2D eigenvalue weighted by Gasteiger charge is 2.22. The third kappa shape index (κ3) is 3.58. The number of thiophene rings is 1. The van der Waals surface area contributed by atoms with Gasteiger partial charge in [0.15, 0.2) is 0 Å². The van der Waals surface area contributed by atoms with Gasteiger partial charge in [-0.05, 0) is 51.0 Å². The largest absolute Gasteiger partial charge is 0.477 e. The maximum Gasteiger partial charge on any atom is 0.345 e. The van der Waals surface area contributed by atoms with E-state index in [-0.39, 0.29) is 10.8 Å². The normalized spacial score (nSPS) is 17.1. The van der Waals surface area contributed by atoms with E-state index in [0.717, 1.165) is 43.8 Å². The van der Waals surface area contributed by atoms with Crippen LogP contribution in [0.2, 0.25) is 0 Å². The van der Waals surface area contributed by atoms with Gasteiger partial charge in [-0.1, -0.05) is 0 Å². The summed E-state index contributed by atoms with van der Waals surface area (Å²) in [6.45, 7) is 2.90. The first kappa shape index (κ1) is 15.0. The van der Waals surface area contributed by atoms with Crippen LogP contribution in [0.15, 0.2) is 12.1 Å². The molecule has 0 spiro atoms. The van der Waals surface area contributed by atoms with Crippen LogP contribution in [0.25, 0.3) is 0 Å². The monoisotopic (exact) mass is 296 g/mol. The van der Waals surface area contributed by atoms with Gasteiger partial charge in [-0.2, -0.15) is 0 Å². The molecule has 2 rings (SSSR count). The average Bonchev–Trinajstić information content (AvgIpc) is 2.90. The molecule has 0 radical (unpaired) electrons. The van der Waals surface area contributed by atoms with Crippen molar-refractivity contribution in [2.24, 2.45) is 5.92 Å². The van der Waals surface area contributed by atoms with Gasteiger partial charge in [0.1, 0.15) is 4.88 Å². The smallest absolute Gasteiger partial charge is 0.345 e. The standard InChI is InChI=1S/C14H20N2O3S/c1-15-7-5-10(6-8-15)9-16(2)13(17)11-3-4-12(20-11)14(18)19/h3-4,10H,5-9H2,1-2H3,(H,18,19). The quantitative estimate of drug-likeness (QED) is 0.921.